The van der Waals surface area contributed by atoms with Gasteiger partial charge < -0.3 is 15.4 Å². The highest BCUT2D eigenvalue weighted by Gasteiger charge is 2.16. The van der Waals surface area contributed by atoms with E-state index < -0.39 is 5.60 Å². The Morgan fingerprint density at radius 2 is 2.33 bits per heavy atom. The standard InChI is InChI=1S/C11H20N2O2/c1-11(2,3)15-10(14)13-8-9-5-4-6-12-7-9/h5,12H,4,6-8H2,1-3H3,(H,13,14). The van der Waals surface area contributed by atoms with Crippen molar-refractivity contribution in [2.75, 3.05) is 19.6 Å². The van der Waals surface area contributed by atoms with Gasteiger partial charge in [-0.1, -0.05) is 6.08 Å². The van der Waals surface area contributed by atoms with Gasteiger partial charge in [0.05, 0.1) is 0 Å². The average molecular weight is 212 g/mol. The summed E-state index contributed by atoms with van der Waals surface area (Å²) in [5.74, 6) is 0. The minimum absolute atomic E-state index is 0.353. The third-order valence-corrected chi connectivity index (χ3v) is 1.96. The van der Waals surface area contributed by atoms with Crippen molar-refractivity contribution in [2.24, 2.45) is 0 Å². The molecule has 0 radical (unpaired) electrons. The lowest BCUT2D eigenvalue weighted by atomic mass is 10.1. The molecule has 0 saturated carbocycles. The number of nitrogens with one attached hydrogen (secondary N) is 2. The van der Waals surface area contributed by atoms with Gasteiger partial charge in [-0.2, -0.15) is 0 Å². The van der Waals surface area contributed by atoms with Crippen LogP contribution in [0.2, 0.25) is 0 Å². The van der Waals surface area contributed by atoms with Gasteiger partial charge >= 0.3 is 6.09 Å². The predicted molar refractivity (Wildman–Crippen MR) is 59.8 cm³/mol. The van der Waals surface area contributed by atoms with E-state index in [1.165, 1.54) is 5.57 Å². The molecule has 4 nitrogen and oxygen atoms in total. The highest BCUT2D eigenvalue weighted by molar-refractivity contribution is 5.68. The molecule has 4 heteroatoms. The van der Waals surface area contributed by atoms with Crippen LogP contribution in [0, 0.1) is 0 Å². The van der Waals surface area contributed by atoms with E-state index in [4.69, 9.17) is 4.74 Å². The first-order valence-electron chi connectivity index (χ1n) is 5.33. The summed E-state index contributed by atoms with van der Waals surface area (Å²) >= 11 is 0. The molecule has 1 amide bonds. The van der Waals surface area contributed by atoms with Gasteiger partial charge in [0.15, 0.2) is 0 Å². The molecule has 0 fully saturated rings. The van der Waals surface area contributed by atoms with Crippen LogP contribution in [-0.4, -0.2) is 31.3 Å². The SMILES string of the molecule is CC(C)(C)OC(=O)NCC1=CCCNC1. The molecular formula is C11H20N2O2. The van der Waals surface area contributed by atoms with Gasteiger partial charge in [-0.15, -0.1) is 0 Å². The summed E-state index contributed by atoms with van der Waals surface area (Å²) < 4.78 is 5.13. The molecule has 0 atom stereocenters. The van der Waals surface area contributed by atoms with Gasteiger partial charge in [-0.3, -0.25) is 0 Å². The molecule has 0 saturated heterocycles. The first-order valence-corrected chi connectivity index (χ1v) is 5.33. The maximum absolute atomic E-state index is 11.3. The Bertz CT molecular complexity index is 254. The third kappa shape index (κ3) is 5.42. The smallest absolute Gasteiger partial charge is 0.407 e. The maximum atomic E-state index is 11.3. The number of rotatable bonds is 2. The van der Waals surface area contributed by atoms with Crippen molar-refractivity contribution < 1.29 is 9.53 Å². The van der Waals surface area contributed by atoms with Crippen molar-refractivity contribution in [3.05, 3.63) is 11.6 Å². The molecule has 1 heterocycles. The molecule has 0 aromatic rings. The summed E-state index contributed by atoms with van der Waals surface area (Å²) in [6.45, 7) is 8.02. The lowest BCUT2D eigenvalue weighted by molar-refractivity contribution is 0.0532. The third-order valence-electron chi connectivity index (χ3n) is 1.96. The minimum atomic E-state index is -0.427. The van der Waals surface area contributed by atoms with Crippen LogP contribution in [-0.2, 0) is 4.74 Å². The minimum Gasteiger partial charge on any atom is -0.444 e. The molecule has 0 aromatic heterocycles. The number of amides is 1. The lowest BCUT2D eigenvalue weighted by Gasteiger charge is -2.20. The fraction of sp³-hybridized carbons (Fsp3) is 0.727. The van der Waals surface area contributed by atoms with E-state index in [-0.39, 0.29) is 6.09 Å². The molecule has 2 N–H and O–H groups in total. The number of hydrogen-bond donors (Lipinski definition) is 2. The molecule has 0 bridgehead atoms. The van der Waals surface area contributed by atoms with E-state index in [0.717, 1.165) is 19.5 Å². The van der Waals surface area contributed by atoms with Gasteiger partial charge in [0, 0.05) is 13.1 Å². The maximum Gasteiger partial charge on any atom is 0.407 e. The van der Waals surface area contributed by atoms with E-state index >= 15 is 0 Å². The molecule has 0 aromatic carbocycles. The second-order valence-electron chi connectivity index (χ2n) is 4.68. The molecule has 0 spiro atoms. The number of carbonyl (C=O) groups excluding carboxylic acids is 1. The summed E-state index contributed by atoms with van der Waals surface area (Å²) in [5, 5.41) is 5.99. The Hall–Kier alpha value is -1.03. The molecule has 86 valence electrons. The van der Waals surface area contributed by atoms with Crippen LogP contribution in [0.1, 0.15) is 27.2 Å². The summed E-state index contributed by atoms with van der Waals surface area (Å²) in [7, 11) is 0. The summed E-state index contributed by atoms with van der Waals surface area (Å²) in [4.78, 5) is 11.3. The van der Waals surface area contributed by atoms with E-state index in [0.29, 0.717) is 6.54 Å². The van der Waals surface area contributed by atoms with Gasteiger partial charge in [0.2, 0.25) is 0 Å². The van der Waals surface area contributed by atoms with Crippen molar-refractivity contribution >= 4 is 6.09 Å². The summed E-state index contributed by atoms with van der Waals surface area (Å²) in [5.41, 5.74) is 0.788. The number of carbonyl (C=O) groups is 1. The zero-order chi connectivity index (χ0) is 11.3. The number of ether oxygens (including phenoxy) is 1. The van der Waals surface area contributed by atoms with E-state index in [1.54, 1.807) is 0 Å². The monoisotopic (exact) mass is 212 g/mol. The molecule has 15 heavy (non-hydrogen) atoms. The van der Waals surface area contributed by atoms with Crippen molar-refractivity contribution in [1.29, 1.82) is 0 Å². The Kier molecular flexibility index (Phi) is 4.15. The van der Waals surface area contributed by atoms with Crippen LogP contribution in [0.5, 0.6) is 0 Å². The molecule has 1 aliphatic heterocycles. The van der Waals surface area contributed by atoms with Crippen LogP contribution >= 0.6 is 0 Å². The second-order valence-corrected chi connectivity index (χ2v) is 4.68. The average Bonchev–Trinajstić information content (AvgIpc) is 2.14. The van der Waals surface area contributed by atoms with E-state index in [9.17, 15) is 4.79 Å². The Labute approximate surface area is 91.1 Å². The van der Waals surface area contributed by atoms with Crippen LogP contribution in [0.25, 0.3) is 0 Å². The van der Waals surface area contributed by atoms with Crippen molar-refractivity contribution in [3.63, 3.8) is 0 Å². The van der Waals surface area contributed by atoms with Crippen LogP contribution < -0.4 is 10.6 Å². The second kappa shape index (κ2) is 5.16. The van der Waals surface area contributed by atoms with Crippen molar-refractivity contribution in [2.45, 2.75) is 32.8 Å². The predicted octanol–water partition coefficient (Wildman–Crippen LogP) is 1.43. The fourth-order valence-corrected chi connectivity index (χ4v) is 1.33. The molecule has 1 aliphatic rings. The van der Waals surface area contributed by atoms with E-state index in [2.05, 4.69) is 16.7 Å². The van der Waals surface area contributed by atoms with Crippen LogP contribution in [0.3, 0.4) is 0 Å². The zero-order valence-electron chi connectivity index (χ0n) is 9.72. The Morgan fingerprint density at radius 3 is 2.87 bits per heavy atom. The molecular weight excluding hydrogens is 192 g/mol. The molecule has 0 unspecified atom stereocenters. The van der Waals surface area contributed by atoms with E-state index in [1.807, 2.05) is 20.8 Å². The Balaban J connectivity index is 2.24. The Morgan fingerprint density at radius 1 is 1.60 bits per heavy atom. The lowest BCUT2D eigenvalue weighted by Crippen LogP contribution is -2.35. The van der Waals surface area contributed by atoms with Crippen LogP contribution in [0.4, 0.5) is 4.79 Å². The topological polar surface area (TPSA) is 50.4 Å². The highest BCUT2D eigenvalue weighted by Crippen LogP contribution is 2.06. The quantitative estimate of drug-likeness (QED) is 0.681. The molecule has 1 rings (SSSR count). The van der Waals surface area contributed by atoms with Crippen molar-refractivity contribution in [1.82, 2.24) is 10.6 Å². The highest BCUT2D eigenvalue weighted by atomic mass is 16.6. The van der Waals surface area contributed by atoms with Gasteiger partial charge in [0.25, 0.3) is 0 Å². The first-order chi connectivity index (χ1) is 6.97. The first kappa shape index (κ1) is 12.0. The normalized spacial score (nSPS) is 16.9. The summed E-state index contributed by atoms with van der Waals surface area (Å²) in [6, 6.07) is 0. The van der Waals surface area contributed by atoms with Gasteiger partial charge in [0.1, 0.15) is 5.60 Å². The van der Waals surface area contributed by atoms with Gasteiger partial charge in [-0.25, -0.2) is 4.79 Å². The number of alkyl carbamates (subject to hydrolysis) is 1. The van der Waals surface area contributed by atoms with Gasteiger partial charge in [-0.05, 0) is 39.3 Å². The molecule has 0 aliphatic carbocycles. The summed E-state index contributed by atoms with van der Waals surface area (Å²) in [6.07, 6.45) is 2.84. The van der Waals surface area contributed by atoms with Crippen molar-refractivity contribution in [3.8, 4) is 0 Å². The zero-order valence-corrected chi connectivity index (χ0v) is 9.72. The van der Waals surface area contributed by atoms with Crippen LogP contribution in [0.15, 0.2) is 11.6 Å². The largest absolute Gasteiger partial charge is 0.444 e. The fourth-order valence-electron chi connectivity index (χ4n) is 1.33. The number of hydrogen-bond acceptors (Lipinski definition) is 3.